The van der Waals surface area contributed by atoms with Crippen molar-refractivity contribution < 1.29 is 9.66 Å². The van der Waals surface area contributed by atoms with E-state index in [9.17, 15) is 10.1 Å². The Morgan fingerprint density at radius 2 is 2.00 bits per heavy atom. The molecular formula is C12H11N3O3. The van der Waals surface area contributed by atoms with Gasteiger partial charge < -0.3 is 10.5 Å². The minimum absolute atomic E-state index is 0.0281. The topological polar surface area (TPSA) is 91.3 Å². The minimum Gasteiger partial charge on any atom is -0.439 e. The second-order valence-electron chi connectivity index (χ2n) is 3.74. The third kappa shape index (κ3) is 2.54. The number of hydrogen-bond donors (Lipinski definition) is 1. The summed E-state index contributed by atoms with van der Waals surface area (Å²) in [5.74, 6) is 0.882. The number of aryl methyl sites for hydroxylation is 1. The molecule has 0 atom stereocenters. The Balaban J connectivity index is 2.22. The molecule has 0 amide bonds. The summed E-state index contributed by atoms with van der Waals surface area (Å²) in [5, 5.41) is 10.6. The number of pyridine rings is 1. The van der Waals surface area contributed by atoms with E-state index in [1.165, 1.54) is 12.3 Å². The molecule has 0 aliphatic rings. The van der Waals surface area contributed by atoms with Gasteiger partial charge >= 0.3 is 0 Å². The fraction of sp³-hybridized carbons (Fsp3) is 0.0833. The van der Waals surface area contributed by atoms with E-state index < -0.39 is 4.92 Å². The molecule has 0 saturated heterocycles. The molecule has 2 rings (SSSR count). The Kier molecular flexibility index (Phi) is 3.09. The van der Waals surface area contributed by atoms with Crippen LogP contribution in [0.2, 0.25) is 0 Å². The maximum absolute atomic E-state index is 10.6. The van der Waals surface area contributed by atoms with Gasteiger partial charge in [-0.15, -0.1) is 0 Å². The smallest absolute Gasteiger partial charge is 0.290 e. The van der Waals surface area contributed by atoms with E-state index >= 15 is 0 Å². The van der Waals surface area contributed by atoms with Crippen LogP contribution in [0.3, 0.4) is 0 Å². The average Bonchev–Trinajstić information content (AvgIpc) is 2.32. The van der Waals surface area contributed by atoms with Gasteiger partial charge in [0.05, 0.1) is 4.92 Å². The summed E-state index contributed by atoms with van der Waals surface area (Å²) in [7, 11) is 0. The molecule has 0 unspecified atom stereocenters. The maximum atomic E-state index is 10.6. The van der Waals surface area contributed by atoms with Crippen LogP contribution in [0.1, 0.15) is 5.56 Å². The van der Waals surface area contributed by atoms with Crippen LogP contribution in [0.15, 0.2) is 36.5 Å². The summed E-state index contributed by atoms with van der Waals surface area (Å²) in [5.41, 5.74) is 6.66. The molecule has 0 saturated carbocycles. The molecule has 0 bridgehead atoms. The molecule has 0 radical (unpaired) electrons. The first-order chi connectivity index (χ1) is 8.56. The number of nitrogen functional groups attached to an aromatic ring is 1. The van der Waals surface area contributed by atoms with Gasteiger partial charge in [-0.3, -0.25) is 10.1 Å². The zero-order valence-corrected chi connectivity index (χ0v) is 9.66. The molecule has 1 heterocycles. The molecule has 1 aromatic carbocycles. The third-order valence-electron chi connectivity index (χ3n) is 2.36. The third-order valence-corrected chi connectivity index (χ3v) is 2.36. The van der Waals surface area contributed by atoms with Crippen LogP contribution in [-0.2, 0) is 0 Å². The van der Waals surface area contributed by atoms with Gasteiger partial charge in [0.1, 0.15) is 11.9 Å². The van der Waals surface area contributed by atoms with Gasteiger partial charge in [-0.25, -0.2) is 4.98 Å². The second-order valence-corrected chi connectivity index (χ2v) is 3.74. The lowest BCUT2D eigenvalue weighted by Crippen LogP contribution is -1.95. The molecule has 18 heavy (non-hydrogen) atoms. The predicted octanol–water partition coefficient (Wildman–Crippen LogP) is 2.67. The fourth-order valence-electron chi connectivity index (χ4n) is 1.43. The Hall–Kier alpha value is -2.63. The van der Waals surface area contributed by atoms with E-state index in [0.29, 0.717) is 22.9 Å². The molecule has 1 aromatic heterocycles. The number of ether oxygens (including phenoxy) is 1. The molecule has 6 heteroatoms. The summed E-state index contributed by atoms with van der Waals surface area (Å²) >= 11 is 0. The molecular weight excluding hydrogens is 234 g/mol. The highest BCUT2D eigenvalue weighted by atomic mass is 16.6. The van der Waals surface area contributed by atoms with E-state index in [-0.39, 0.29) is 5.69 Å². The summed E-state index contributed by atoms with van der Waals surface area (Å²) < 4.78 is 5.46. The lowest BCUT2D eigenvalue weighted by atomic mass is 10.2. The van der Waals surface area contributed by atoms with Crippen molar-refractivity contribution in [3.05, 3.63) is 52.2 Å². The first-order valence-corrected chi connectivity index (χ1v) is 5.20. The highest BCUT2D eigenvalue weighted by molar-refractivity contribution is 5.44. The first kappa shape index (κ1) is 11.8. The molecule has 0 fully saturated rings. The molecule has 2 aromatic rings. The number of nitro groups is 1. The molecule has 6 nitrogen and oxygen atoms in total. The van der Waals surface area contributed by atoms with E-state index in [4.69, 9.17) is 10.5 Å². The van der Waals surface area contributed by atoms with Crippen LogP contribution in [0.4, 0.5) is 11.4 Å². The first-order valence-electron chi connectivity index (χ1n) is 5.20. The van der Waals surface area contributed by atoms with Gasteiger partial charge in [-0.1, -0.05) is 0 Å². The monoisotopic (exact) mass is 245 g/mol. The van der Waals surface area contributed by atoms with Crippen molar-refractivity contribution in [2.24, 2.45) is 0 Å². The molecule has 0 aliphatic heterocycles. The number of benzene rings is 1. The van der Waals surface area contributed by atoms with E-state index in [2.05, 4.69) is 4.98 Å². The lowest BCUT2D eigenvalue weighted by molar-refractivity contribution is -0.385. The maximum Gasteiger partial charge on any atom is 0.290 e. The van der Waals surface area contributed by atoms with Gasteiger partial charge in [0.25, 0.3) is 5.69 Å². The van der Waals surface area contributed by atoms with Crippen molar-refractivity contribution in [1.82, 2.24) is 4.98 Å². The summed E-state index contributed by atoms with van der Waals surface area (Å²) in [6.07, 6.45) is 1.18. The van der Waals surface area contributed by atoms with E-state index in [1.54, 1.807) is 31.2 Å². The molecule has 2 N–H and O–H groups in total. The zero-order chi connectivity index (χ0) is 13.1. The SMILES string of the molecule is Cc1cc(Oc2ccc(N)cc2)ncc1[N+](=O)[O-]. The zero-order valence-electron chi connectivity index (χ0n) is 9.66. The van der Waals surface area contributed by atoms with Gasteiger partial charge in [0.15, 0.2) is 0 Å². The number of anilines is 1. The van der Waals surface area contributed by atoms with Crippen molar-refractivity contribution in [3.8, 4) is 11.6 Å². The van der Waals surface area contributed by atoms with Crippen LogP contribution in [0.25, 0.3) is 0 Å². The predicted molar refractivity (Wildman–Crippen MR) is 66.6 cm³/mol. The number of rotatable bonds is 3. The van der Waals surface area contributed by atoms with Crippen molar-refractivity contribution >= 4 is 11.4 Å². The highest BCUT2D eigenvalue weighted by Gasteiger charge is 2.12. The number of nitrogens with zero attached hydrogens (tertiary/aromatic N) is 2. The second kappa shape index (κ2) is 4.70. The number of aromatic nitrogens is 1. The fourth-order valence-corrected chi connectivity index (χ4v) is 1.43. The van der Waals surface area contributed by atoms with Gasteiger partial charge in [-0.05, 0) is 31.2 Å². The Morgan fingerprint density at radius 1 is 1.33 bits per heavy atom. The molecule has 0 aliphatic carbocycles. The van der Waals surface area contributed by atoms with Crippen LogP contribution in [0.5, 0.6) is 11.6 Å². The van der Waals surface area contributed by atoms with Crippen LogP contribution >= 0.6 is 0 Å². The lowest BCUT2D eigenvalue weighted by Gasteiger charge is -2.05. The highest BCUT2D eigenvalue weighted by Crippen LogP contribution is 2.24. The number of nitrogens with two attached hydrogens (primary N) is 1. The van der Waals surface area contributed by atoms with Crippen molar-refractivity contribution in [1.29, 1.82) is 0 Å². The van der Waals surface area contributed by atoms with Crippen LogP contribution in [-0.4, -0.2) is 9.91 Å². The van der Waals surface area contributed by atoms with Gasteiger partial charge in [-0.2, -0.15) is 0 Å². The molecule has 92 valence electrons. The normalized spacial score (nSPS) is 10.1. The van der Waals surface area contributed by atoms with Crippen molar-refractivity contribution in [2.75, 3.05) is 5.73 Å². The Morgan fingerprint density at radius 3 is 2.56 bits per heavy atom. The molecule has 0 spiro atoms. The number of hydrogen-bond acceptors (Lipinski definition) is 5. The Labute approximate surface area is 103 Å². The van der Waals surface area contributed by atoms with E-state index in [1.807, 2.05) is 0 Å². The van der Waals surface area contributed by atoms with Gasteiger partial charge in [0, 0.05) is 17.3 Å². The summed E-state index contributed by atoms with van der Waals surface area (Å²) in [4.78, 5) is 14.0. The van der Waals surface area contributed by atoms with Crippen LogP contribution < -0.4 is 10.5 Å². The largest absolute Gasteiger partial charge is 0.439 e. The van der Waals surface area contributed by atoms with E-state index in [0.717, 1.165) is 0 Å². The van der Waals surface area contributed by atoms with Crippen LogP contribution in [0, 0.1) is 17.0 Å². The van der Waals surface area contributed by atoms with Crippen molar-refractivity contribution in [3.63, 3.8) is 0 Å². The summed E-state index contributed by atoms with van der Waals surface area (Å²) in [6.45, 7) is 1.63. The van der Waals surface area contributed by atoms with Gasteiger partial charge in [0.2, 0.25) is 5.88 Å². The average molecular weight is 245 g/mol. The quantitative estimate of drug-likeness (QED) is 0.510. The van der Waals surface area contributed by atoms with Crippen molar-refractivity contribution in [2.45, 2.75) is 6.92 Å². The Bertz CT molecular complexity index is 582. The minimum atomic E-state index is -0.477. The standard InChI is InChI=1S/C12H11N3O3/c1-8-6-12(14-7-11(8)15(16)17)18-10-4-2-9(13)3-5-10/h2-7H,13H2,1H3. The summed E-state index contributed by atoms with van der Waals surface area (Å²) in [6, 6.07) is 8.33.